The first-order valence-electron chi connectivity index (χ1n) is 10.0. The summed E-state index contributed by atoms with van der Waals surface area (Å²) in [5.41, 5.74) is 1.75. The number of nitriles is 2. The number of ether oxygens (including phenoxy) is 1. The standard InChI is InChI=1S/C22H28N4O3/c1-4-10-26-16(2)11-18(17(26)3)12-19(13-23)21(28)29-14-20(27)25-22(15-24)8-6-5-7-9-22/h11-12H,4-10,14H2,1-3H3,(H,25,27)/b19-12+. The fraction of sp³-hybridized carbons (Fsp3) is 0.545. The number of amides is 1. The van der Waals surface area contributed by atoms with Crippen molar-refractivity contribution in [3.05, 3.63) is 28.6 Å². The number of rotatable bonds is 7. The number of esters is 1. The molecule has 0 spiro atoms. The first-order chi connectivity index (χ1) is 13.9. The van der Waals surface area contributed by atoms with Crippen LogP contribution in [0.25, 0.3) is 6.08 Å². The third-order valence-corrected chi connectivity index (χ3v) is 5.33. The molecule has 1 amide bonds. The normalized spacial score (nSPS) is 15.8. The maximum Gasteiger partial charge on any atom is 0.349 e. The van der Waals surface area contributed by atoms with Crippen molar-refractivity contribution in [1.29, 1.82) is 10.5 Å². The molecule has 1 aliphatic rings. The molecule has 29 heavy (non-hydrogen) atoms. The lowest BCUT2D eigenvalue weighted by atomic mass is 9.83. The van der Waals surface area contributed by atoms with Crippen molar-refractivity contribution >= 4 is 18.0 Å². The molecule has 1 N–H and O–H groups in total. The van der Waals surface area contributed by atoms with Gasteiger partial charge in [-0.3, -0.25) is 4.79 Å². The number of nitrogens with one attached hydrogen (secondary N) is 1. The molecule has 7 nitrogen and oxygen atoms in total. The van der Waals surface area contributed by atoms with Crippen LogP contribution in [0.4, 0.5) is 0 Å². The molecule has 1 aromatic heterocycles. The van der Waals surface area contributed by atoms with Crippen molar-refractivity contribution < 1.29 is 14.3 Å². The highest BCUT2D eigenvalue weighted by atomic mass is 16.5. The van der Waals surface area contributed by atoms with Crippen molar-refractivity contribution in [2.24, 2.45) is 0 Å². The molecule has 0 aliphatic heterocycles. The van der Waals surface area contributed by atoms with Crippen molar-refractivity contribution in [3.63, 3.8) is 0 Å². The predicted molar refractivity (Wildman–Crippen MR) is 108 cm³/mol. The number of hydrogen-bond acceptors (Lipinski definition) is 5. The number of carbonyl (C=O) groups excluding carboxylic acids is 2. The Kier molecular flexibility index (Phi) is 7.61. The van der Waals surface area contributed by atoms with Crippen LogP contribution in [0.3, 0.4) is 0 Å². The highest BCUT2D eigenvalue weighted by Crippen LogP contribution is 2.27. The molecule has 154 valence electrons. The molecular formula is C22H28N4O3. The summed E-state index contributed by atoms with van der Waals surface area (Å²) in [6.45, 7) is 6.34. The van der Waals surface area contributed by atoms with E-state index in [9.17, 15) is 20.1 Å². The van der Waals surface area contributed by atoms with Crippen molar-refractivity contribution in [3.8, 4) is 12.1 Å². The molecule has 0 radical (unpaired) electrons. The summed E-state index contributed by atoms with van der Waals surface area (Å²) in [6.07, 6.45) is 6.47. The van der Waals surface area contributed by atoms with Gasteiger partial charge in [0.1, 0.15) is 17.2 Å². The van der Waals surface area contributed by atoms with Gasteiger partial charge in [-0.25, -0.2) is 4.79 Å². The van der Waals surface area contributed by atoms with Gasteiger partial charge in [0.15, 0.2) is 6.61 Å². The van der Waals surface area contributed by atoms with Gasteiger partial charge in [-0.2, -0.15) is 10.5 Å². The first-order valence-corrected chi connectivity index (χ1v) is 10.0. The highest BCUT2D eigenvalue weighted by Gasteiger charge is 2.33. The first kappa shape index (κ1) is 22.2. The second kappa shape index (κ2) is 9.93. The largest absolute Gasteiger partial charge is 0.451 e. The molecule has 0 aromatic carbocycles. The number of carbonyl (C=O) groups is 2. The van der Waals surface area contributed by atoms with E-state index < -0.39 is 24.0 Å². The summed E-state index contributed by atoms with van der Waals surface area (Å²) in [5, 5.41) is 21.5. The Hall–Kier alpha value is -3.06. The maximum absolute atomic E-state index is 12.3. The van der Waals surface area contributed by atoms with Crippen LogP contribution in [0.1, 0.15) is 62.4 Å². The van der Waals surface area contributed by atoms with Gasteiger partial charge < -0.3 is 14.6 Å². The van der Waals surface area contributed by atoms with E-state index in [1.54, 1.807) is 0 Å². The number of aryl methyl sites for hydroxylation is 1. The minimum Gasteiger partial charge on any atom is -0.451 e. The maximum atomic E-state index is 12.3. The molecule has 0 atom stereocenters. The Bertz CT molecular complexity index is 877. The summed E-state index contributed by atoms with van der Waals surface area (Å²) >= 11 is 0. The smallest absolute Gasteiger partial charge is 0.349 e. The quantitative estimate of drug-likeness (QED) is 0.432. The molecule has 0 bridgehead atoms. The van der Waals surface area contributed by atoms with Crippen LogP contribution in [0, 0.1) is 36.5 Å². The molecule has 0 unspecified atom stereocenters. The zero-order chi connectivity index (χ0) is 21.4. The number of hydrogen-bond donors (Lipinski definition) is 1. The van der Waals surface area contributed by atoms with Gasteiger partial charge in [0.25, 0.3) is 5.91 Å². The summed E-state index contributed by atoms with van der Waals surface area (Å²) in [4.78, 5) is 24.5. The van der Waals surface area contributed by atoms with Crippen molar-refractivity contribution in [2.45, 2.75) is 71.4 Å². The minimum absolute atomic E-state index is 0.165. The molecule has 1 aromatic rings. The monoisotopic (exact) mass is 396 g/mol. The van der Waals surface area contributed by atoms with E-state index in [1.807, 2.05) is 26.0 Å². The summed E-state index contributed by atoms with van der Waals surface area (Å²) in [6, 6.07) is 5.96. The lowest BCUT2D eigenvalue weighted by Crippen LogP contribution is -2.50. The summed E-state index contributed by atoms with van der Waals surface area (Å²) < 4.78 is 7.16. The number of nitrogens with zero attached hydrogens (tertiary/aromatic N) is 3. The Morgan fingerprint density at radius 1 is 1.28 bits per heavy atom. The van der Waals surface area contributed by atoms with Gasteiger partial charge in [0.05, 0.1) is 6.07 Å². The lowest BCUT2D eigenvalue weighted by molar-refractivity contribution is -0.144. The minimum atomic E-state index is -0.882. The average Bonchev–Trinajstić information content (AvgIpc) is 2.98. The van der Waals surface area contributed by atoms with Crippen LogP contribution < -0.4 is 5.32 Å². The van der Waals surface area contributed by atoms with Crippen LogP contribution in [0.15, 0.2) is 11.6 Å². The Balaban J connectivity index is 2.02. The van der Waals surface area contributed by atoms with E-state index in [-0.39, 0.29) is 5.57 Å². The predicted octanol–water partition coefficient (Wildman–Crippen LogP) is 3.31. The third kappa shape index (κ3) is 5.48. The molecular weight excluding hydrogens is 368 g/mol. The Labute approximate surface area is 171 Å². The van der Waals surface area contributed by atoms with Gasteiger partial charge in [-0.1, -0.05) is 26.2 Å². The lowest BCUT2D eigenvalue weighted by Gasteiger charge is -2.31. The van der Waals surface area contributed by atoms with Crippen LogP contribution in [0.2, 0.25) is 0 Å². The van der Waals surface area contributed by atoms with Gasteiger partial charge in [-0.05, 0) is 50.8 Å². The van der Waals surface area contributed by atoms with Crippen LogP contribution in [-0.4, -0.2) is 28.6 Å². The molecule has 2 rings (SSSR count). The van der Waals surface area contributed by atoms with Gasteiger partial charge in [-0.15, -0.1) is 0 Å². The Morgan fingerprint density at radius 3 is 2.55 bits per heavy atom. The molecule has 1 saturated carbocycles. The van der Waals surface area contributed by atoms with Crippen LogP contribution in [0.5, 0.6) is 0 Å². The highest BCUT2D eigenvalue weighted by molar-refractivity contribution is 5.99. The second-order valence-corrected chi connectivity index (χ2v) is 7.53. The van der Waals surface area contributed by atoms with Crippen molar-refractivity contribution in [2.75, 3.05) is 6.61 Å². The summed E-state index contributed by atoms with van der Waals surface area (Å²) in [7, 11) is 0. The summed E-state index contributed by atoms with van der Waals surface area (Å²) in [5.74, 6) is -1.38. The van der Waals surface area contributed by atoms with Gasteiger partial charge in [0, 0.05) is 17.9 Å². The molecule has 1 fully saturated rings. The fourth-order valence-corrected chi connectivity index (χ4v) is 3.77. The van der Waals surface area contributed by atoms with E-state index in [0.29, 0.717) is 12.8 Å². The molecule has 0 saturated heterocycles. The SMILES string of the molecule is CCCn1c(C)cc(/C=C(\C#N)C(=O)OCC(=O)NC2(C#N)CCCCC2)c1C. The zero-order valence-corrected chi connectivity index (χ0v) is 17.4. The van der Waals surface area contributed by atoms with Crippen LogP contribution >= 0.6 is 0 Å². The van der Waals surface area contributed by atoms with Crippen LogP contribution in [-0.2, 0) is 20.9 Å². The van der Waals surface area contributed by atoms with E-state index in [4.69, 9.17) is 4.74 Å². The molecule has 1 heterocycles. The second-order valence-electron chi connectivity index (χ2n) is 7.53. The van der Waals surface area contributed by atoms with E-state index >= 15 is 0 Å². The third-order valence-electron chi connectivity index (χ3n) is 5.33. The van der Waals surface area contributed by atoms with Gasteiger partial charge >= 0.3 is 5.97 Å². The molecule has 1 aliphatic carbocycles. The average molecular weight is 396 g/mol. The zero-order valence-electron chi connectivity index (χ0n) is 17.4. The van der Waals surface area contributed by atoms with E-state index in [1.165, 1.54) is 6.08 Å². The fourth-order valence-electron chi connectivity index (χ4n) is 3.77. The molecule has 7 heteroatoms. The van der Waals surface area contributed by atoms with Crippen molar-refractivity contribution in [1.82, 2.24) is 9.88 Å². The number of aromatic nitrogens is 1. The van der Waals surface area contributed by atoms with E-state index in [0.717, 1.165) is 49.2 Å². The van der Waals surface area contributed by atoms with E-state index in [2.05, 4.69) is 22.9 Å². The Morgan fingerprint density at radius 2 is 1.97 bits per heavy atom. The topological polar surface area (TPSA) is 108 Å². The van der Waals surface area contributed by atoms with Gasteiger partial charge in [0.2, 0.25) is 0 Å².